The minimum absolute atomic E-state index is 0.221. The van der Waals surface area contributed by atoms with Gasteiger partial charge in [0.15, 0.2) is 5.15 Å². The second kappa shape index (κ2) is 5.06. The highest BCUT2D eigenvalue weighted by molar-refractivity contribution is 6.34. The summed E-state index contributed by atoms with van der Waals surface area (Å²) in [5, 5.41) is 6.11. The van der Waals surface area contributed by atoms with Gasteiger partial charge in [-0.1, -0.05) is 61.0 Å². The molecule has 1 unspecified atom stereocenters. The van der Waals surface area contributed by atoms with Crippen LogP contribution in [0.3, 0.4) is 0 Å². The summed E-state index contributed by atoms with van der Waals surface area (Å²) in [6, 6.07) is 18.7. The lowest BCUT2D eigenvalue weighted by Gasteiger charge is -2.17. The van der Waals surface area contributed by atoms with Crippen molar-refractivity contribution in [2.45, 2.75) is 19.4 Å². The highest BCUT2D eigenvalue weighted by Crippen LogP contribution is 2.29. The molecule has 0 saturated heterocycles. The molecule has 1 aromatic heterocycles. The second-order valence-electron chi connectivity index (χ2n) is 4.59. The van der Waals surface area contributed by atoms with Crippen molar-refractivity contribution in [3.63, 3.8) is 0 Å². The van der Waals surface area contributed by atoms with Gasteiger partial charge in [-0.05, 0) is 24.1 Å². The smallest absolute Gasteiger partial charge is 0.158 e. The van der Waals surface area contributed by atoms with Gasteiger partial charge in [-0.15, -0.1) is 0 Å². The first kappa shape index (κ1) is 12.2. The molecule has 2 aromatic carbocycles. The first-order valence-electron chi connectivity index (χ1n) is 6.49. The van der Waals surface area contributed by atoms with Crippen molar-refractivity contribution in [1.82, 2.24) is 9.78 Å². The fourth-order valence-corrected chi connectivity index (χ4v) is 2.75. The molecule has 1 heterocycles. The molecule has 0 N–H and O–H groups in total. The molecule has 3 aromatic rings. The number of para-hydroxylation sites is 1. The SMILES string of the molecule is CCC(c1ccccc1)n1nc(Cl)c2ccccc21. The third kappa shape index (κ3) is 2.13. The second-order valence-corrected chi connectivity index (χ2v) is 4.95. The van der Waals surface area contributed by atoms with Crippen LogP contribution in [0.5, 0.6) is 0 Å². The molecule has 0 aliphatic heterocycles. The molecule has 0 radical (unpaired) electrons. The molecule has 0 bridgehead atoms. The van der Waals surface area contributed by atoms with Crippen LogP contribution in [0.2, 0.25) is 5.15 Å². The third-order valence-electron chi connectivity index (χ3n) is 3.43. The van der Waals surface area contributed by atoms with E-state index in [9.17, 15) is 0 Å². The Hall–Kier alpha value is -1.80. The van der Waals surface area contributed by atoms with E-state index in [1.165, 1.54) is 5.56 Å². The van der Waals surface area contributed by atoms with Gasteiger partial charge >= 0.3 is 0 Å². The number of halogens is 1. The van der Waals surface area contributed by atoms with E-state index < -0.39 is 0 Å². The molecule has 1 atom stereocenters. The lowest BCUT2D eigenvalue weighted by atomic mass is 10.0. The average Bonchev–Trinajstić information content (AvgIpc) is 2.79. The highest BCUT2D eigenvalue weighted by Gasteiger charge is 2.17. The normalized spacial score (nSPS) is 12.7. The molecule has 0 spiro atoms. The van der Waals surface area contributed by atoms with Gasteiger partial charge in [-0.2, -0.15) is 5.10 Å². The van der Waals surface area contributed by atoms with E-state index in [2.05, 4.69) is 42.4 Å². The van der Waals surface area contributed by atoms with Crippen LogP contribution in [0.1, 0.15) is 24.9 Å². The summed E-state index contributed by atoms with van der Waals surface area (Å²) in [6.45, 7) is 2.17. The van der Waals surface area contributed by atoms with Crippen LogP contribution in [0.15, 0.2) is 54.6 Å². The van der Waals surface area contributed by atoms with Crippen LogP contribution < -0.4 is 0 Å². The fraction of sp³-hybridized carbons (Fsp3) is 0.188. The zero-order valence-corrected chi connectivity index (χ0v) is 11.5. The zero-order valence-electron chi connectivity index (χ0n) is 10.8. The van der Waals surface area contributed by atoms with Crippen LogP contribution in [0.4, 0.5) is 0 Å². The Morgan fingerprint density at radius 3 is 2.47 bits per heavy atom. The van der Waals surface area contributed by atoms with Gasteiger partial charge in [0.25, 0.3) is 0 Å². The average molecular weight is 271 g/mol. The number of rotatable bonds is 3. The fourth-order valence-electron chi connectivity index (χ4n) is 2.51. The molecule has 3 rings (SSSR count). The molecule has 0 amide bonds. The van der Waals surface area contributed by atoms with E-state index in [0.29, 0.717) is 5.15 Å². The van der Waals surface area contributed by atoms with E-state index >= 15 is 0 Å². The van der Waals surface area contributed by atoms with Crippen LogP contribution in [0.25, 0.3) is 10.9 Å². The lowest BCUT2D eigenvalue weighted by Crippen LogP contribution is -2.11. The third-order valence-corrected chi connectivity index (χ3v) is 3.71. The summed E-state index contributed by atoms with van der Waals surface area (Å²) in [7, 11) is 0. The van der Waals surface area contributed by atoms with Crippen LogP contribution >= 0.6 is 11.6 Å². The quantitative estimate of drug-likeness (QED) is 0.675. The molecule has 19 heavy (non-hydrogen) atoms. The monoisotopic (exact) mass is 270 g/mol. The Labute approximate surface area is 117 Å². The van der Waals surface area contributed by atoms with Crippen molar-refractivity contribution in [3.05, 3.63) is 65.3 Å². The number of hydrogen-bond donors (Lipinski definition) is 0. The molecule has 0 fully saturated rings. The standard InChI is InChI=1S/C16H15ClN2/c1-2-14(12-8-4-3-5-9-12)19-15-11-7-6-10-13(15)16(17)18-19/h3-11,14H,2H2,1H3. The van der Waals surface area contributed by atoms with Crippen LogP contribution in [0, 0.1) is 0 Å². The van der Waals surface area contributed by atoms with Gasteiger partial charge in [0.05, 0.1) is 11.6 Å². The van der Waals surface area contributed by atoms with Gasteiger partial charge < -0.3 is 0 Å². The highest BCUT2D eigenvalue weighted by atomic mass is 35.5. The maximum Gasteiger partial charge on any atom is 0.158 e. The van der Waals surface area contributed by atoms with E-state index in [0.717, 1.165) is 17.3 Å². The van der Waals surface area contributed by atoms with Crippen molar-refractivity contribution < 1.29 is 0 Å². The van der Waals surface area contributed by atoms with Crippen LogP contribution in [-0.2, 0) is 0 Å². The minimum Gasteiger partial charge on any atom is -0.256 e. The molecule has 0 saturated carbocycles. The van der Waals surface area contributed by atoms with Gasteiger partial charge in [0.1, 0.15) is 0 Å². The summed E-state index contributed by atoms with van der Waals surface area (Å²) in [6.07, 6.45) is 0.978. The van der Waals surface area contributed by atoms with Crippen molar-refractivity contribution in [2.75, 3.05) is 0 Å². The minimum atomic E-state index is 0.221. The Morgan fingerprint density at radius 1 is 1.05 bits per heavy atom. The van der Waals surface area contributed by atoms with E-state index in [1.807, 2.05) is 28.9 Å². The Morgan fingerprint density at radius 2 is 1.74 bits per heavy atom. The Balaban J connectivity index is 2.17. The summed E-state index contributed by atoms with van der Waals surface area (Å²) in [4.78, 5) is 0. The Kier molecular flexibility index (Phi) is 3.26. The molecular formula is C16H15ClN2. The van der Waals surface area contributed by atoms with Gasteiger partial charge in [-0.3, -0.25) is 4.68 Å². The van der Waals surface area contributed by atoms with Gasteiger partial charge in [-0.25, -0.2) is 0 Å². The molecule has 0 aliphatic carbocycles. The maximum atomic E-state index is 6.23. The maximum absolute atomic E-state index is 6.23. The molecule has 96 valence electrons. The first-order chi connectivity index (χ1) is 9.31. The number of nitrogens with zero attached hydrogens (tertiary/aromatic N) is 2. The first-order valence-corrected chi connectivity index (χ1v) is 6.86. The Bertz CT molecular complexity index is 688. The predicted octanol–water partition coefficient (Wildman–Crippen LogP) is 4.69. The number of hydrogen-bond acceptors (Lipinski definition) is 1. The predicted molar refractivity (Wildman–Crippen MR) is 79.6 cm³/mol. The van der Waals surface area contributed by atoms with Gasteiger partial charge in [0, 0.05) is 5.39 Å². The topological polar surface area (TPSA) is 17.8 Å². The largest absolute Gasteiger partial charge is 0.256 e. The lowest BCUT2D eigenvalue weighted by molar-refractivity contribution is 0.525. The number of benzene rings is 2. The molecule has 3 heteroatoms. The summed E-state index contributed by atoms with van der Waals surface area (Å²) < 4.78 is 2.03. The zero-order chi connectivity index (χ0) is 13.2. The van der Waals surface area contributed by atoms with E-state index in [-0.39, 0.29) is 6.04 Å². The summed E-state index contributed by atoms with van der Waals surface area (Å²) >= 11 is 6.23. The van der Waals surface area contributed by atoms with E-state index in [1.54, 1.807) is 0 Å². The van der Waals surface area contributed by atoms with Crippen molar-refractivity contribution in [3.8, 4) is 0 Å². The van der Waals surface area contributed by atoms with Crippen molar-refractivity contribution in [1.29, 1.82) is 0 Å². The van der Waals surface area contributed by atoms with Crippen LogP contribution in [-0.4, -0.2) is 9.78 Å². The summed E-state index contributed by atoms with van der Waals surface area (Å²) in [5.41, 5.74) is 2.35. The summed E-state index contributed by atoms with van der Waals surface area (Å²) in [5.74, 6) is 0. The van der Waals surface area contributed by atoms with Gasteiger partial charge in [0.2, 0.25) is 0 Å². The van der Waals surface area contributed by atoms with E-state index in [4.69, 9.17) is 11.6 Å². The number of fused-ring (bicyclic) bond motifs is 1. The molecule has 0 aliphatic rings. The van der Waals surface area contributed by atoms with Crippen molar-refractivity contribution in [2.24, 2.45) is 0 Å². The number of aromatic nitrogens is 2. The molecular weight excluding hydrogens is 256 g/mol. The molecule has 2 nitrogen and oxygen atoms in total. The van der Waals surface area contributed by atoms with Crippen molar-refractivity contribution >= 4 is 22.5 Å².